The summed E-state index contributed by atoms with van der Waals surface area (Å²) in [5, 5.41) is 3.90. The van der Waals surface area contributed by atoms with Gasteiger partial charge in [0.15, 0.2) is 0 Å². The van der Waals surface area contributed by atoms with E-state index in [0.717, 1.165) is 12.1 Å². The summed E-state index contributed by atoms with van der Waals surface area (Å²) in [5.74, 6) is 0. The van der Waals surface area contributed by atoms with Gasteiger partial charge in [-0.2, -0.15) is 0 Å². The second-order valence-corrected chi connectivity index (χ2v) is 3.65. The Kier molecular flexibility index (Phi) is 4.74. The Morgan fingerprint density at radius 3 is 2.38 bits per heavy atom. The van der Waals surface area contributed by atoms with E-state index in [1.807, 2.05) is 26.8 Å². The lowest BCUT2D eigenvalue weighted by Crippen LogP contribution is -2.26. The highest BCUT2D eigenvalue weighted by atomic mass is 16.6. The molecule has 0 saturated heterocycles. The van der Waals surface area contributed by atoms with Crippen molar-refractivity contribution in [3.05, 3.63) is 12.7 Å². The smallest absolute Gasteiger partial charge is 0.141 e. The molecule has 0 radical (unpaired) electrons. The normalized spacial score (nSPS) is 21.0. The van der Waals surface area contributed by atoms with E-state index in [9.17, 15) is 0 Å². The van der Waals surface area contributed by atoms with E-state index in [4.69, 9.17) is 4.84 Å². The van der Waals surface area contributed by atoms with Gasteiger partial charge >= 0.3 is 0 Å². The number of oxime groups is 1. The Bertz CT molecular complexity index is 194. The van der Waals surface area contributed by atoms with Crippen LogP contribution in [0, 0.1) is 5.41 Å². The highest BCUT2D eigenvalue weighted by Crippen LogP contribution is 2.30. The van der Waals surface area contributed by atoms with Crippen molar-refractivity contribution in [3.63, 3.8) is 0 Å². The van der Waals surface area contributed by atoms with Crippen LogP contribution >= 0.6 is 0 Å². The van der Waals surface area contributed by atoms with E-state index in [1.165, 1.54) is 0 Å². The van der Waals surface area contributed by atoms with Crippen LogP contribution in [0.3, 0.4) is 0 Å². The standard InChI is InChI=1S/C9H15NO.C2H6/c1-5-9(3,4)8-6-7(2)10-11-8;1-2/h5,8H,1,6H2,2-4H3;1-2H3. The Morgan fingerprint density at radius 1 is 1.54 bits per heavy atom. The fourth-order valence-electron chi connectivity index (χ4n) is 1.03. The third-order valence-corrected chi connectivity index (χ3v) is 2.17. The van der Waals surface area contributed by atoms with Crippen LogP contribution < -0.4 is 0 Å². The van der Waals surface area contributed by atoms with E-state index >= 15 is 0 Å². The van der Waals surface area contributed by atoms with Crippen molar-refractivity contribution < 1.29 is 4.84 Å². The molecule has 0 aromatic heterocycles. The van der Waals surface area contributed by atoms with Gasteiger partial charge in [0.2, 0.25) is 0 Å². The van der Waals surface area contributed by atoms with Crippen LogP contribution in [0.1, 0.15) is 41.0 Å². The van der Waals surface area contributed by atoms with Crippen LogP contribution in [-0.4, -0.2) is 11.8 Å². The Hall–Kier alpha value is -0.790. The summed E-state index contributed by atoms with van der Waals surface area (Å²) in [6.07, 6.45) is 3.03. The van der Waals surface area contributed by atoms with Crippen LogP contribution in [0.15, 0.2) is 17.8 Å². The summed E-state index contributed by atoms with van der Waals surface area (Å²) >= 11 is 0. The van der Waals surface area contributed by atoms with E-state index in [2.05, 4.69) is 25.6 Å². The van der Waals surface area contributed by atoms with Gasteiger partial charge in [0.05, 0.1) is 5.71 Å². The summed E-state index contributed by atoms with van der Waals surface area (Å²) in [4.78, 5) is 5.24. The van der Waals surface area contributed by atoms with Gasteiger partial charge in [0, 0.05) is 11.8 Å². The van der Waals surface area contributed by atoms with Crippen molar-refractivity contribution in [2.24, 2.45) is 10.6 Å². The SMILES string of the molecule is C=CC(C)(C)C1CC(C)=NO1.CC. The summed E-state index contributed by atoms with van der Waals surface area (Å²) in [7, 11) is 0. The van der Waals surface area contributed by atoms with Crippen molar-refractivity contribution in [1.29, 1.82) is 0 Å². The molecule has 0 spiro atoms. The van der Waals surface area contributed by atoms with Crippen LogP contribution in [0.2, 0.25) is 0 Å². The predicted octanol–water partition coefficient (Wildman–Crippen LogP) is 3.39. The van der Waals surface area contributed by atoms with Gasteiger partial charge in [-0.1, -0.05) is 38.9 Å². The number of rotatable bonds is 2. The Balaban J connectivity index is 0.000000671. The third kappa shape index (κ3) is 3.21. The lowest BCUT2D eigenvalue weighted by Gasteiger charge is -2.25. The average Bonchev–Trinajstić information content (AvgIpc) is 2.56. The van der Waals surface area contributed by atoms with Crippen molar-refractivity contribution in [3.8, 4) is 0 Å². The fraction of sp³-hybridized carbons (Fsp3) is 0.727. The summed E-state index contributed by atoms with van der Waals surface area (Å²) in [6, 6.07) is 0. The quantitative estimate of drug-likeness (QED) is 0.601. The first-order valence-electron chi connectivity index (χ1n) is 4.89. The van der Waals surface area contributed by atoms with Gasteiger partial charge in [-0.15, -0.1) is 6.58 Å². The van der Waals surface area contributed by atoms with Gasteiger partial charge in [-0.3, -0.25) is 0 Å². The molecule has 0 fully saturated rings. The molecule has 0 bridgehead atoms. The highest BCUT2D eigenvalue weighted by molar-refractivity contribution is 5.82. The van der Waals surface area contributed by atoms with Crippen molar-refractivity contribution >= 4 is 5.71 Å². The fourth-order valence-corrected chi connectivity index (χ4v) is 1.03. The van der Waals surface area contributed by atoms with Gasteiger partial charge in [-0.25, -0.2) is 0 Å². The van der Waals surface area contributed by atoms with Gasteiger partial charge in [-0.05, 0) is 6.92 Å². The minimum absolute atomic E-state index is 0.0290. The zero-order valence-electron chi connectivity index (χ0n) is 9.42. The molecule has 0 amide bonds. The zero-order chi connectivity index (χ0) is 10.5. The Morgan fingerprint density at radius 2 is 2.08 bits per heavy atom. The van der Waals surface area contributed by atoms with E-state index in [0.29, 0.717) is 0 Å². The van der Waals surface area contributed by atoms with E-state index < -0.39 is 0 Å². The first kappa shape index (κ1) is 12.2. The van der Waals surface area contributed by atoms with E-state index in [-0.39, 0.29) is 11.5 Å². The second-order valence-electron chi connectivity index (χ2n) is 3.65. The van der Waals surface area contributed by atoms with Crippen LogP contribution in [0.4, 0.5) is 0 Å². The minimum atomic E-state index is 0.0290. The lowest BCUT2D eigenvalue weighted by atomic mass is 9.84. The minimum Gasteiger partial charge on any atom is -0.391 e. The molecule has 1 unspecified atom stereocenters. The van der Waals surface area contributed by atoms with Gasteiger partial charge in [0.25, 0.3) is 0 Å². The van der Waals surface area contributed by atoms with Crippen LogP contribution in [-0.2, 0) is 4.84 Å². The average molecular weight is 183 g/mol. The van der Waals surface area contributed by atoms with Gasteiger partial charge < -0.3 is 4.84 Å². The second kappa shape index (κ2) is 5.05. The molecule has 0 N–H and O–H groups in total. The molecule has 1 atom stereocenters. The molecule has 1 aliphatic heterocycles. The molecular weight excluding hydrogens is 162 g/mol. The zero-order valence-corrected chi connectivity index (χ0v) is 9.42. The third-order valence-electron chi connectivity index (χ3n) is 2.17. The number of hydrogen-bond acceptors (Lipinski definition) is 2. The molecule has 2 heteroatoms. The molecule has 0 aromatic rings. The summed E-state index contributed by atoms with van der Waals surface area (Å²) in [5.41, 5.74) is 1.10. The molecule has 1 heterocycles. The maximum atomic E-state index is 5.24. The van der Waals surface area contributed by atoms with Crippen molar-refractivity contribution in [1.82, 2.24) is 0 Å². The molecule has 1 aliphatic rings. The summed E-state index contributed by atoms with van der Waals surface area (Å²) in [6.45, 7) is 14.0. The maximum Gasteiger partial charge on any atom is 0.141 e. The Labute approximate surface area is 81.7 Å². The molecule has 76 valence electrons. The maximum absolute atomic E-state index is 5.24. The van der Waals surface area contributed by atoms with E-state index in [1.54, 1.807) is 0 Å². The first-order valence-corrected chi connectivity index (χ1v) is 4.89. The van der Waals surface area contributed by atoms with Crippen LogP contribution in [0.5, 0.6) is 0 Å². The molecule has 0 aliphatic carbocycles. The molecule has 0 saturated carbocycles. The van der Waals surface area contributed by atoms with Gasteiger partial charge in [0.1, 0.15) is 6.10 Å². The molecule has 0 aromatic carbocycles. The molecule has 13 heavy (non-hydrogen) atoms. The number of hydrogen-bond donors (Lipinski definition) is 0. The van der Waals surface area contributed by atoms with Crippen molar-refractivity contribution in [2.75, 3.05) is 0 Å². The molecular formula is C11H21NO. The van der Waals surface area contributed by atoms with Crippen LogP contribution in [0.25, 0.3) is 0 Å². The topological polar surface area (TPSA) is 21.6 Å². The highest BCUT2D eigenvalue weighted by Gasteiger charge is 2.32. The monoisotopic (exact) mass is 183 g/mol. The summed E-state index contributed by atoms with van der Waals surface area (Å²) < 4.78 is 0. The lowest BCUT2D eigenvalue weighted by molar-refractivity contribution is 0.0218. The first-order chi connectivity index (χ1) is 6.06. The predicted molar refractivity (Wildman–Crippen MR) is 57.9 cm³/mol. The van der Waals surface area contributed by atoms with Crippen molar-refractivity contribution in [2.45, 2.75) is 47.1 Å². The largest absolute Gasteiger partial charge is 0.391 e. The molecule has 2 nitrogen and oxygen atoms in total. The molecule has 1 rings (SSSR count). The number of nitrogens with zero attached hydrogens (tertiary/aromatic N) is 1.